The Kier molecular flexibility index (Phi) is 2.36. The summed E-state index contributed by atoms with van der Waals surface area (Å²) in [6.45, 7) is 0. The van der Waals surface area contributed by atoms with Crippen LogP contribution in [0.3, 0.4) is 0 Å². The molecule has 96 valence electrons. The molecule has 1 aromatic carbocycles. The molecule has 4 fully saturated rings. The maximum absolute atomic E-state index is 9.82. The molecule has 0 spiro atoms. The number of aromatic hydroxyl groups is 1. The molecule has 0 atom stereocenters. The Hall–Kier alpha value is -0.500. The zero-order valence-corrected chi connectivity index (χ0v) is 12.1. The van der Waals surface area contributed by atoms with Gasteiger partial charge in [-0.05, 0) is 85.5 Å². The average molecular weight is 307 g/mol. The van der Waals surface area contributed by atoms with Crippen LogP contribution in [0.25, 0.3) is 0 Å². The lowest BCUT2D eigenvalue weighted by Gasteiger charge is -2.57. The van der Waals surface area contributed by atoms with Gasteiger partial charge in [0, 0.05) is 4.47 Å². The molecule has 0 amide bonds. The van der Waals surface area contributed by atoms with E-state index in [1.54, 1.807) is 6.07 Å². The highest BCUT2D eigenvalue weighted by Gasteiger charge is 2.52. The number of rotatable bonds is 1. The molecule has 4 aliphatic carbocycles. The number of phenols is 1. The highest BCUT2D eigenvalue weighted by atomic mass is 79.9. The van der Waals surface area contributed by atoms with Gasteiger partial charge in [0.05, 0.1) is 0 Å². The largest absolute Gasteiger partial charge is 0.508 e. The first-order valence-corrected chi connectivity index (χ1v) is 7.93. The summed E-state index contributed by atoms with van der Waals surface area (Å²) in [7, 11) is 0. The molecule has 0 aliphatic heterocycles. The van der Waals surface area contributed by atoms with Gasteiger partial charge in [0.25, 0.3) is 0 Å². The smallest absolute Gasteiger partial charge is 0.115 e. The van der Waals surface area contributed by atoms with Crippen molar-refractivity contribution in [2.45, 2.75) is 43.9 Å². The molecule has 4 aliphatic rings. The molecule has 1 N–H and O–H groups in total. The molecule has 1 nitrogen and oxygen atoms in total. The monoisotopic (exact) mass is 306 g/mol. The summed E-state index contributed by atoms with van der Waals surface area (Å²) in [5.74, 6) is 3.27. The van der Waals surface area contributed by atoms with Crippen molar-refractivity contribution in [3.8, 4) is 5.75 Å². The summed E-state index contributed by atoms with van der Waals surface area (Å²) in [6, 6.07) is 5.81. The lowest BCUT2D eigenvalue weighted by molar-refractivity contribution is -0.00560. The van der Waals surface area contributed by atoms with E-state index in [0.717, 1.165) is 17.8 Å². The van der Waals surface area contributed by atoms with Gasteiger partial charge in [-0.1, -0.05) is 15.9 Å². The van der Waals surface area contributed by atoms with Gasteiger partial charge in [0.2, 0.25) is 0 Å². The van der Waals surface area contributed by atoms with Gasteiger partial charge in [0.1, 0.15) is 5.75 Å². The minimum Gasteiger partial charge on any atom is -0.508 e. The van der Waals surface area contributed by atoms with E-state index in [-0.39, 0.29) is 0 Å². The van der Waals surface area contributed by atoms with E-state index in [0.29, 0.717) is 11.2 Å². The number of phenolic OH excluding ortho intramolecular Hbond substituents is 1. The number of hydrogen-bond acceptors (Lipinski definition) is 1. The van der Waals surface area contributed by atoms with Crippen LogP contribution in [0.2, 0.25) is 0 Å². The minimum atomic E-state index is 0.367. The normalized spacial score (nSPS) is 41.3. The van der Waals surface area contributed by atoms with Crippen LogP contribution < -0.4 is 0 Å². The van der Waals surface area contributed by atoms with E-state index >= 15 is 0 Å². The van der Waals surface area contributed by atoms with E-state index in [9.17, 15) is 5.11 Å². The summed E-state index contributed by atoms with van der Waals surface area (Å²) in [5.41, 5.74) is 1.74. The van der Waals surface area contributed by atoms with Crippen LogP contribution >= 0.6 is 15.9 Å². The number of hydrogen-bond donors (Lipinski definition) is 1. The summed E-state index contributed by atoms with van der Waals surface area (Å²) in [5, 5.41) is 9.82. The van der Waals surface area contributed by atoms with Gasteiger partial charge in [-0.3, -0.25) is 0 Å². The quantitative estimate of drug-likeness (QED) is 0.802. The molecule has 2 heteroatoms. The Morgan fingerprint density at radius 3 is 2.11 bits per heavy atom. The fraction of sp³-hybridized carbons (Fsp3) is 0.625. The first-order valence-electron chi connectivity index (χ1n) is 7.14. The lowest BCUT2D eigenvalue weighted by Crippen LogP contribution is -2.48. The molecule has 1 aromatic rings. The molecule has 0 aromatic heterocycles. The second-order valence-corrected chi connectivity index (χ2v) is 7.72. The van der Waals surface area contributed by atoms with Gasteiger partial charge in [-0.2, -0.15) is 0 Å². The van der Waals surface area contributed by atoms with Crippen LogP contribution in [0, 0.1) is 17.8 Å². The maximum atomic E-state index is 9.82. The van der Waals surface area contributed by atoms with Crippen molar-refractivity contribution >= 4 is 15.9 Å². The van der Waals surface area contributed by atoms with Crippen molar-refractivity contribution in [3.05, 3.63) is 28.2 Å². The molecule has 18 heavy (non-hydrogen) atoms. The lowest BCUT2D eigenvalue weighted by atomic mass is 9.48. The van der Waals surface area contributed by atoms with Gasteiger partial charge in [-0.25, -0.2) is 0 Å². The minimum absolute atomic E-state index is 0.367. The van der Waals surface area contributed by atoms with E-state index in [2.05, 4.69) is 15.9 Å². The predicted octanol–water partition coefficient (Wildman–Crippen LogP) is 4.62. The SMILES string of the molecule is Oc1ccc(Br)c(C23CC4CC(CC(C4)C2)C3)c1. The third-order valence-electron chi connectivity index (χ3n) is 5.56. The van der Waals surface area contributed by atoms with Crippen LogP contribution in [-0.4, -0.2) is 5.11 Å². The highest BCUT2D eigenvalue weighted by Crippen LogP contribution is 2.61. The van der Waals surface area contributed by atoms with E-state index < -0.39 is 0 Å². The second-order valence-electron chi connectivity index (χ2n) is 6.86. The van der Waals surface area contributed by atoms with Crippen molar-refractivity contribution in [2.75, 3.05) is 0 Å². The Morgan fingerprint density at radius 1 is 1.00 bits per heavy atom. The van der Waals surface area contributed by atoms with Crippen LogP contribution in [0.15, 0.2) is 22.7 Å². The van der Waals surface area contributed by atoms with Crippen molar-refractivity contribution in [3.63, 3.8) is 0 Å². The van der Waals surface area contributed by atoms with Crippen LogP contribution in [0.1, 0.15) is 44.1 Å². The van der Waals surface area contributed by atoms with Crippen LogP contribution in [0.5, 0.6) is 5.75 Å². The molecule has 0 saturated heterocycles. The zero-order chi connectivity index (χ0) is 12.3. The highest BCUT2D eigenvalue weighted by molar-refractivity contribution is 9.10. The predicted molar refractivity (Wildman–Crippen MR) is 75.7 cm³/mol. The van der Waals surface area contributed by atoms with E-state index in [1.807, 2.05) is 12.1 Å². The average Bonchev–Trinajstić information content (AvgIpc) is 2.30. The third kappa shape index (κ3) is 1.57. The topological polar surface area (TPSA) is 20.2 Å². The van der Waals surface area contributed by atoms with E-state index in [4.69, 9.17) is 0 Å². The molecule has 0 radical (unpaired) electrons. The van der Waals surface area contributed by atoms with Gasteiger partial charge >= 0.3 is 0 Å². The Balaban J connectivity index is 1.81. The standard InChI is InChI=1S/C16H19BrO/c17-15-2-1-13(18)6-14(15)16-7-10-3-11(8-16)5-12(4-10)9-16/h1-2,6,10-12,18H,3-5,7-9H2. The molecular weight excluding hydrogens is 288 g/mol. The number of halogens is 1. The molecule has 0 unspecified atom stereocenters. The Labute approximate surface area is 117 Å². The first kappa shape index (κ1) is 11.3. The summed E-state index contributed by atoms with van der Waals surface area (Å²) < 4.78 is 1.20. The summed E-state index contributed by atoms with van der Waals surface area (Å²) >= 11 is 3.71. The second kappa shape index (κ2) is 3.75. The van der Waals surface area contributed by atoms with Crippen molar-refractivity contribution in [1.82, 2.24) is 0 Å². The zero-order valence-electron chi connectivity index (χ0n) is 10.5. The van der Waals surface area contributed by atoms with Crippen LogP contribution in [0.4, 0.5) is 0 Å². The van der Waals surface area contributed by atoms with Crippen molar-refractivity contribution in [1.29, 1.82) is 0 Å². The van der Waals surface area contributed by atoms with E-state index in [1.165, 1.54) is 48.6 Å². The first-order chi connectivity index (χ1) is 8.64. The van der Waals surface area contributed by atoms with Crippen molar-refractivity contribution in [2.24, 2.45) is 17.8 Å². The van der Waals surface area contributed by atoms with Gasteiger partial charge in [0.15, 0.2) is 0 Å². The molecule has 5 rings (SSSR count). The molecule has 0 heterocycles. The van der Waals surface area contributed by atoms with Gasteiger partial charge < -0.3 is 5.11 Å². The number of benzene rings is 1. The van der Waals surface area contributed by atoms with Gasteiger partial charge in [-0.15, -0.1) is 0 Å². The van der Waals surface area contributed by atoms with Crippen LogP contribution in [-0.2, 0) is 5.41 Å². The molecule has 4 bridgehead atoms. The Morgan fingerprint density at radius 2 is 1.56 bits per heavy atom. The molecular formula is C16H19BrO. The Bertz CT molecular complexity index is 459. The maximum Gasteiger partial charge on any atom is 0.115 e. The third-order valence-corrected chi connectivity index (χ3v) is 6.25. The molecule has 4 saturated carbocycles. The summed E-state index contributed by atoms with van der Waals surface area (Å²) in [6.07, 6.45) is 8.45. The summed E-state index contributed by atoms with van der Waals surface area (Å²) in [4.78, 5) is 0. The fourth-order valence-corrected chi connectivity index (χ4v) is 6.03. The van der Waals surface area contributed by atoms with Crippen molar-refractivity contribution < 1.29 is 5.11 Å². The fourth-order valence-electron chi connectivity index (χ4n) is 5.36.